The van der Waals surface area contributed by atoms with E-state index < -0.39 is 0 Å². The van der Waals surface area contributed by atoms with Crippen LogP contribution in [0.5, 0.6) is 17.2 Å². The number of para-hydroxylation sites is 2. The van der Waals surface area contributed by atoms with Gasteiger partial charge in [-0.2, -0.15) is 0 Å². The van der Waals surface area contributed by atoms with Crippen LogP contribution < -0.4 is 14.2 Å². The molecule has 0 atom stereocenters. The van der Waals surface area contributed by atoms with Gasteiger partial charge in [-0.25, -0.2) is 0 Å². The van der Waals surface area contributed by atoms with E-state index >= 15 is 0 Å². The lowest BCUT2D eigenvalue weighted by Crippen LogP contribution is -1.99. The highest BCUT2D eigenvalue weighted by atomic mass is 16.5. The van der Waals surface area contributed by atoms with Crippen molar-refractivity contribution in [3.8, 4) is 17.2 Å². The average molecular weight is 272 g/mol. The van der Waals surface area contributed by atoms with Gasteiger partial charge < -0.3 is 14.2 Å². The highest BCUT2D eigenvalue weighted by Gasteiger charge is 2.10. The molecule has 2 aromatic carbocycles. The highest BCUT2D eigenvalue weighted by Crippen LogP contribution is 2.32. The maximum atomic E-state index is 5.46. The highest BCUT2D eigenvalue weighted by molar-refractivity contribution is 5.47. The van der Waals surface area contributed by atoms with Gasteiger partial charge in [-0.3, -0.25) is 0 Å². The lowest BCUT2D eigenvalue weighted by Gasteiger charge is -2.13. The van der Waals surface area contributed by atoms with Crippen LogP contribution in [0, 0.1) is 0 Å². The normalized spacial score (nSPS) is 10.2. The van der Waals surface area contributed by atoms with Gasteiger partial charge in [0.05, 0.1) is 21.3 Å². The van der Waals surface area contributed by atoms with Crippen molar-refractivity contribution in [2.24, 2.45) is 0 Å². The third-order valence-electron chi connectivity index (χ3n) is 3.34. The standard InChI is InChI=1S/C17H20O3/c1-18-15-9-5-4-7-13(15)11-12-14-8-6-10-16(19-2)17(14)20-3/h4-10H,11-12H2,1-3H3. The molecule has 2 rings (SSSR count). The molecule has 3 nitrogen and oxygen atoms in total. The van der Waals surface area contributed by atoms with Crippen molar-refractivity contribution in [1.29, 1.82) is 0 Å². The van der Waals surface area contributed by atoms with E-state index in [1.165, 1.54) is 5.56 Å². The van der Waals surface area contributed by atoms with Crippen LogP contribution in [0.3, 0.4) is 0 Å². The predicted octanol–water partition coefficient (Wildman–Crippen LogP) is 3.50. The Kier molecular flexibility index (Phi) is 4.88. The molecule has 0 bridgehead atoms. The monoisotopic (exact) mass is 272 g/mol. The molecule has 0 heterocycles. The summed E-state index contributed by atoms with van der Waals surface area (Å²) in [5.41, 5.74) is 2.33. The molecule has 0 unspecified atom stereocenters. The fourth-order valence-corrected chi connectivity index (χ4v) is 2.33. The summed E-state index contributed by atoms with van der Waals surface area (Å²) in [6.07, 6.45) is 1.77. The third-order valence-corrected chi connectivity index (χ3v) is 3.34. The van der Waals surface area contributed by atoms with Crippen molar-refractivity contribution in [1.82, 2.24) is 0 Å². The summed E-state index contributed by atoms with van der Waals surface area (Å²) in [6.45, 7) is 0. The molecule has 0 amide bonds. The van der Waals surface area contributed by atoms with Crippen LogP contribution >= 0.6 is 0 Å². The Morgan fingerprint density at radius 2 is 1.25 bits per heavy atom. The Hall–Kier alpha value is -2.16. The van der Waals surface area contributed by atoms with Gasteiger partial charge in [0.2, 0.25) is 0 Å². The van der Waals surface area contributed by atoms with Crippen molar-refractivity contribution in [2.45, 2.75) is 12.8 Å². The zero-order valence-electron chi connectivity index (χ0n) is 12.2. The van der Waals surface area contributed by atoms with Gasteiger partial charge in [0, 0.05) is 0 Å². The van der Waals surface area contributed by atoms with Gasteiger partial charge in [0.1, 0.15) is 5.75 Å². The first-order chi connectivity index (χ1) is 9.80. The Morgan fingerprint density at radius 3 is 1.95 bits per heavy atom. The summed E-state index contributed by atoms with van der Waals surface area (Å²) >= 11 is 0. The van der Waals surface area contributed by atoms with E-state index in [1.54, 1.807) is 21.3 Å². The number of rotatable bonds is 6. The average Bonchev–Trinajstić information content (AvgIpc) is 2.52. The number of hydrogen-bond acceptors (Lipinski definition) is 3. The first-order valence-corrected chi connectivity index (χ1v) is 6.62. The van der Waals surface area contributed by atoms with Gasteiger partial charge in [0.15, 0.2) is 11.5 Å². The second kappa shape index (κ2) is 6.85. The van der Waals surface area contributed by atoms with Crippen molar-refractivity contribution in [3.63, 3.8) is 0 Å². The van der Waals surface area contributed by atoms with Gasteiger partial charge in [0.25, 0.3) is 0 Å². The van der Waals surface area contributed by atoms with Crippen LogP contribution in [0.15, 0.2) is 42.5 Å². The summed E-state index contributed by atoms with van der Waals surface area (Å²) in [7, 11) is 5.03. The first kappa shape index (κ1) is 14.3. The second-order valence-corrected chi connectivity index (χ2v) is 4.46. The minimum atomic E-state index is 0.769. The quantitative estimate of drug-likeness (QED) is 0.805. The van der Waals surface area contributed by atoms with Gasteiger partial charge >= 0.3 is 0 Å². The Balaban J connectivity index is 2.19. The number of ether oxygens (including phenoxy) is 3. The van der Waals surface area contributed by atoms with E-state index in [4.69, 9.17) is 14.2 Å². The van der Waals surface area contributed by atoms with Crippen molar-refractivity contribution < 1.29 is 14.2 Å². The maximum absolute atomic E-state index is 5.46. The van der Waals surface area contributed by atoms with E-state index in [-0.39, 0.29) is 0 Å². The minimum absolute atomic E-state index is 0.769. The molecular weight excluding hydrogens is 252 g/mol. The number of methoxy groups -OCH3 is 3. The van der Waals surface area contributed by atoms with Crippen LogP contribution in [0.4, 0.5) is 0 Å². The Bertz CT molecular complexity index is 564. The van der Waals surface area contributed by atoms with E-state index in [2.05, 4.69) is 12.1 Å². The fourth-order valence-electron chi connectivity index (χ4n) is 2.33. The van der Waals surface area contributed by atoms with E-state index in [0.29, 0.717) is 0 Å². The van der Waals surface area contributed by atoms with Crippen LogP contribution in [0.25, 0.3) is 0 Å². The summed E-state index contributed by atoms with van der Waals surface area (Å²) < 4.78 is 16.2. The number of benzene rings is 2. The molecule has 3 heteroatoms. The van der Waals surface area contributed by atoms with Crippen LogP contribution in [0.1, 0.15) is 11.1 Å². The van der Waals surface area contributed by atoms with Gasteiger partial charge in [-0.1, -0.05) is 30.3 Å². The fraction of sp³-hybridized carbons (Fsp3) is 0.294. The predicted molar refractivity (Wildman–Crippen MR) is 79.9 cm³/mol. The number of hydrogen-bond donors (Lipinski definition) is 0. The zero-order chi connectivity index (χ0) is 14.4. The molecular formula is C17H20O3. The molecule has 0 saturated carbocycles. The summed E-state index contributed by atoms with van der Waals surface area (Å²) in [6, 6.07) is 14.0. The molecule has 0 N–H and O–H groups in total. The first-order valence-electron chi connectivity index (χ1n) is 6.62. The summed E-state index contributed by atoms with van der Waals surface area (Å²) in [4.78, 5) is 0. The van der Waals surface area contributed by atoms with Crippen LogP contribution in [-0.4, -0.2) is 21.3 Å². The molecule has 0 aromatic heterocycles. The Labute approximate surface area is 120 Å². The second-order valence-electron chi connectivity index (χ2n) is 4.46. The molecule has 0 fully saturated rings. The SMILES string of the molecule is COc1ccccc1CCc1cccc(OC)c1OC. The molecule has 0 spiro atoms. The topological polar surface area (TPSA) is 27.7 Å². The smallest absolute Gasteiger partial charge is 0.163 e. The van der Waals surface area contributed by atoms with Crippen molar-refractivity contribution in [2.75, 3.05) is 21.3 Å². The lowest BCUT2D eigenvalue weighted by atomic mass is 10.0. The van der Waals surface area contributed by atoms with E-state index in [0.717, 1.165) is 35.7 Å². The molecule has 106 valence electrons. The summed E-state index contributed by atoms with van der Waals surface area (Å²) in [5, 5.41) is 0. The number of aryl methyl sites for hydroxylation is 2. The largest absolute Gasteiger partial charge is 0.496 e. The van der Waals surface area contributed by atoms with Crippen LogP contribution in [0.2, 0.25) is 0 Å². The van der Waals surface area contributed by atoms with Gasteiger partial charge in [-0.05, 0) is 36.1 Å². The molecule has 0 aliphatic heterocycles. The molecule has 0 radical (unpaired) electrons. The maximum Gasteiger partial charge on any atom is 0.163 e. The zero-order valence-corrected chi connectivity index (χ0v) is 12.2. The molecule has 0 aliphatic rings. The van der Waals surface area contributed by atoms with Crippen molar-refractivity contribution >= 4 is 0 Å². The Morgan fingerprint density at radius 1 is 0.650 bits per heavy atom. The molecule has 2 aromatic rings. The van der Waals surface area contributed by atoms with Crippen LogP contribution in [-0.2, 0) is 12.8 Å². The van der Waals surface area contributed by atoms with E-state index in [1.807, 2.05) is 30.3 Å². The summed E-state index contributed by atoms with van der Waals surface area (Å²) in [5.74, 6) is 2.50. The van der Waals surface area contributed by atoms with Crippen molar-refractivity contribution in [3.05, 3.63) is 53.6 Å². The minimum Gasteiger partial charge on any atom is -0.496 e. The molecule has 0 saturated heterocycles. The molecule has 0 aliphatic carbocycles. The van der Waals surface area contributed by atoms with E-state index in [9.17, 15) is 0 Å². The molecule has 20 heavy (non-hydrogen) atoms. The lowest BCUT2D eigenvalue weighted by molar-refractivity contribution is 0.351. The third kappa shape index (κ3) is 3.05. The van der Waals surface area contributed by atoms with Gasteiger partial charge in [-0.15, -0.1) is 0 Å².